The highest BCUT2D eigenvalue weighted by atomic mass is 16.5. The fourth-order valence-corrected chi connectivity index (χ4v) is 3.30. The lowest BCUT2D eigenvalue weighted by atomic mass is 9.93. The molecule has 0 bridgehead atoms. The molecule has 2 aromatic rings. The first kappa shape index (κ1) is 15.7. The SMILES string of the molecule is COc1cccc(CN2CCC[C@@H](Cc3nccnc3N)C2)c1. The van der Waals surface area contributed by atoms with Crippen molar-refractivity contribution in [3.05, 3.63) is 47.9 Å². The molecule has 0 aliphatic carbocycles. The maximum absolute atomic E-state index is 5.93. The number of anilines is 1. The van der Waals surface area contributed by atoms with E-state index in [1.54, 1.807) is 19.5 Å². The molecule has 1 atom stereocenters. The molecule has 0 saturated carbocycles. The zero-order valence-electron chi connectivity index (χ0n) is 13.6. The molecule has 23 heavy (non-hydrogen) atoms. The molecule has 1 aromatic carbocycles. The van der Waals surface area contributed by atoms with Crippen molar-refractivity contribution in [3.8, 4) is 5.75 Å². The molecular formula is C18H24N4O. The zero-order valence-corrected chi connectivity index (χ0v) is 13.6. The number of hydrogen-bond donors (Lipinski definition) is 1. The minimum atomic E-state index is 0.567. The van der Waals surface area contributed by atoms with Crippen LogP contribution in [-0.2, 0) is 13.0 Å². The van der Waals surface area contributed by atoms with Gasteiger partial charge in [0, 0.05) is 25.5 Å². The van der Waals surface area contributed by atoms with Crippen molar-refractivity contribution in [1.29, 1.82) is 0 Å². The first-order valence-corrected chi connectivity index (χ1v) is 8.15. The molecule has 3 rings (SSSR count). The second-order valence-electron chi connectivity index (χ2n) is 6.19. The van der Waals surface area contributed by atoms with E-state index in [-0.39, 0.29) is 0 Å². The quantitative estimate of drug-likeness (QED) is 0.919. The Morgan fingerprint density at radius 1 is 1.30 bits per heavy atom. The lowest BCUT2D eigenvalue weighted by Crippen LogP contribution is -2.36. The van der Waals surface area contributed by atoms with Crippen LogP contribution in [0.2, 0.25) is 0 Å². The Hall–Kier alpha value is -2.14. The second kappa shape index (κ2) is 7.42. The first-order valence-electron chi connectivity index (χ1n) is 8.15. The van der Waals surface area contributed by atoms with E-state index in [1.165, 1.54) is 18.4 Å². The standard InChI is InChI=1S/C18H24N4O/c1-23-16-6-2-4-14(10-16)12-22-9-3-5-15(13-22)11-17-18(19)21-8-7-20-17/h2,4,6-8,10,15H,3,5,9,11-13H2,1H3,(H2,19,21)/t15-/m0/s1. The monoisotopic (exact) mass is 312 g/mol. The van der Waals surface area contributed by atoms with Crippen molar-refractivity contribution in [3.63, 3.8) is 0 Å². The van der Waals surface area contributed by atoms with Gasteiger partial charge in [-0.3, -0.25) is 9.88 Å². The van der Waals surface area contributed by atoms with Crippen LogP contribution in [0.3, 0.4) is 0 Å². The summed E-state index contributed by atoms with van der Waals surface area (Å²) in [5.74, 6) is 2.08. The molecule has 5 nitrogen and oxygen atoms in total. The Morgan fingerprint density at radius 3 is 3.00 bits per heavy atom. The second-order valence-corrected chi connectivity index (χ2v) is 6.19. The van der Waals surface area contributed by atoms with Gasteiger partial charge >= 0.3 is 0 Å². The highest BCUT2D eigenvalue weighted by Crippen LogP contribution is 2.23. The van der Waals surface area contributed by atoms with E-state index in [2.05, 4.69) is 33.1 Å². The predicted molar refractivity (Wildman–Crippen MR) is 91.1 cm³/mol. The molecule has 0 amide bonds. The third kappa shape index (κ3) is 4.20. The summed E-state index contributed by atoms with van der Waals surface area (Å²) in [5.41, 5.74) is 8.15. The number of likely N-dealkylation sites (tertiary alicyclic amines) is 1. The minimum absolute atomic E-state index is 0.567. The fraction of sp³-hybridized carbons (Fsp3) is 0.444. The van der Waals surface area contributed by atoms with Gasteiger partial charge in [-0.2, -0.15) is 0 Å². The fourth-order valence-electron chi connectivity index (χ4n) is 3.30. The number of nitrogen functional groups attached to an aromatic ring is 1. The summed E-state index contributed by atoms with van der Waals surface area (Å²) in [7, 11) is 1.71. The first-order chi connectivity index (χ1) is 11.2. The van der Waals surface area contributed by atoms with Crippen molar-refractivity contribution in [2.75, 3.05) is 25.9 Å². The molecular weight excluding hydrogens is 288 g/mol. The van der Waals surface area contributed by atoms with Gasteiger partial charge in [0.15, 0.2) is 0 Å². The van der Waals surface area contributed by atoms with Gasteiger partial charge < -0.3 is 10.5 Å². The van der Waals surface area contributed by atoms with E-state index in [1.807, 2.05) is 6.07 Å². The molecule has 1 aliphatic heterocycles. The summed E-state index contributed by atoms with van der Waals surface area (Å²) in [6.45, 7) is 3.18. The summed E-state index contributed by atoms with van der Waals surface area (Å²) in [5, 5.41) is 0. The van der Waals surface area contributed by atoms with Crippen LogP contribution in [0, 0.1) is 5.92 Å². The number of nitrogens with zero attached hydrogens (tertiary/aromatic N) is 3. The lowest BCUT2D eigenvalue weighted by Gasteiger charge is -2.32. The van der Waals surface area contributed by atoms with Gasteiger partial charge in [0.2, 0.25) is 0 Å². The lowest BCUT2D eigenvalue weighted by molar-refractivity contribution is 0.166. The van der Waals surface area contributed by atoms with Gasteiger partial charge in [-0.1, -0.05) is 12.1 Å². The molecule has 2 heterocycles. The molecule has 1 aromatic heterocycles. The van der Waals surface area contributed by atoms with Crippen LogP contribution in [-0.4, -0.2) is 35.1 Å². The number of aromatic nitrogens is 2. The van der Waals surface area contributed by atoms with Gasteiger partial charge in [-0.25, -0.2) is 4.98 Å². The summed E-state index contributed by atoms with van der Waals surface area (Å²) < 4.78 is 5.31. The smallest absolute Gasteiger partial charge is 0.145 e. The Kier molecular flexibility index (Phi) is 5.08. The Morgan fingerprint density at radius 2 is 2.17 bits per heavy atom. The number of nitrogens with two attached hydrogens (primary N) is 1. The molecule has 1 saturated heterocycles. The molecule has 2 N–H and O–H groups in total. The number of hydrogen-bond acceptors (Lipinski definition) is 5. The normalized spacial score (nSPS) is 18.7. The van der Waals surface area contributed by atoms with Crippen molar-refractivity contribution < 1.29 is 4.74 Å². The molecule has 122 valence electrons. The predicted octanol–water partition coefficient (Wildman–Crippen LogP) is 2.52. The topological polar surface area (TPSA) is 64.3 Å². The largest absolute Gasteiger partial charge is 0.497 e. The van der Waals surface area contributed by atoms with Crippen molar-refractivity contribution in [2.45, 2.75) is 25.8 Å². The molecule has 0 radical (unpaired) electrons. The molecule has 0 spiro atoms. The molecule has 1 aliphatic rings. The van der Waals surface area contributed by atoms with Gasteiger partial charge in [0.05, 0.1) is 12.8 Å². The van der Waals surface area contributed by atoms with Gasteiger partial charge in [-0.05, 0) is 49.4 Å². The van der Waals surface area contributed by atoms with E-state index in [9.17, 15) is 0 Å². The summed E-state index contributed by atoms with van der Waals surface area (Å²) in [6, 6.07) is 8.31. The Labute approximate surface area is 137 Å². The summed E-state index contributed by atoms with van der Waals surface area (Å²) >= 11 is 0. The maximum atomic E-state index is 5.93. The highest BCUT2D eigenvalue weighted by molar-refractivity contribution is 5.33. The maximum Gasteiger partial charge on any atom is 0.145 e. The summed E-state index contributed by atoms with van der Waals surface area (Å²) in [4.78, 5) is 11.0. The number of piperidine rings is 1. The van der Waals surface area contributed by atoms with Crippen molar-refractivity contribution in [1.82, 2.24) is 14.9 Å². The minimum Gasteiger partial charge on any atom is -0.497 e. The highest BCUT2D eigenvalue weighted by Gasteiger charge is 2.21. The number of ether oxygens (including phenoxy) is 1. The Balaban J connectivity index is 1.60. The van der Waals surface area contributed by atoms with Crippen LogP contribution in [0.5, 0.6) is 5.75 Å². The van der Waals surface area contributed by atoms with E-state index < -0.39 is 0 Å². The Bertz CT molecular complexity index is 646. The van der Waals surface area contributed by atoms with E-state index in [0.29, 0.717) is 11.7 Å². The van der Waals surface area contributed by atoms with Crippen LogP contribution in [0.25, 0.3) is 0 Å². The molecule has 1 fully saturated rings. The zero-order chi connectivity index (χ0) is 16.1. The van der Waals surface area contributed by atoms with Gasteiger partial charge in [0.25, 0.3) is 0 Å². The van der Waals surface area contributed by atoms with E-state index >= 15 is 0 Å². The third-order valence-corrected chi connectivity index (χ3v) is 4.43. The molecule has 0 unspecified atom stereocenters. The summed E-state index contributed by atoms with van der Waals surface area (Å²) in [6.07, 6.45) is 6.73. The van der Waals surface area contributed by atoms with Crippen molar-refractivity contribution >= 4 is 5.82 Å². The number of methoxy groups -OCH3 is 1. The van der Waals surface area contributed by atoms with Gasteiger partial charge in [0.1, 0.15) is 11.6 Å². The van der Waals surface area contributed by atoms with Crippen LogP contribution >= 0.6 is 0 Å². The van der Waals surface area contributed by atoms with E-state index in [0.717, 1.165) is 37.5 Å². The molecule has 5 heteroatoms. The average Bonchev–Trinajstić information content (AvgIpc) is 2.57. The van der Waals surface area contributed by atoms with Crippen LogP contribution in [0.4, 0.5) is 5.82 Å². The average molecular weight is 312 g/mol. The third-order valence-electron chi connectivity index (χ3n) is 4.43. The number of benzene rings is 1. The van der Waals surface area contributed by atoms with Crippen molar-refractivity contribution in [2.24, 2.45) is 5.92 Å². The van der Waals surface area contributed by atoms with E-state index in [4.69, 9.17) is 10.5 Å². The van der Waals surface area contributed by atoms with Crippen LogP contribution < -0.4 is 10.5 Å². The van der Waals surface area contributed by atoms with Crippen LogP contribution in [0.1, 0.15) is 24.1 Å². The number of rotatable bonds is 5. The van der Waals surface area contributed by atoms with Crippen LogP contribution in [0.15, 0.2) is 36.7 Å². The van der Waals surface area contributed by atoms with Gasteiger partial charge in [-0.15, -0.1) is 0 Å².